The SMILES string of the molecule is CCC[C@H](CC(=O)[C@@H]1C[C@]2(CC(c3ccccc3)=NO2)CN1C(=O)OCC1c2ccccc2-c2ccccc21)C(OC)C(=O)CC1CC1.CCC[C@H](N)C(OC)C(=O)CC1CC1.O=C(O)[C@@H]1C[C@]2(CC(c3ccccc3)=NO2)CN1C(=O)OCC1c2ccccc2-c2ccccc21.[2H]C.[2H]C. The smallest absolute Gasteiger partial charge is 0.410 e. The Kier molecular flexibility index (Phi) is 22.9. The van der Waals surface area contributed by atoms with Crippen molar-refractivity contribution in [3.05, 3.63) is 191 Å². The predicted octanol–water partition coefficient (Wildman–Crippen LogP) is 14.8. The summed E-state index contributed by atoms with van der Waals surface area (Å²) in [5.41, 5.74) is 16.7. The van der Waals surface area contributed by atoms with Crippen LogP contribution < -0.4 is 5.73 Å². The average Bonchev–Trinajstić information content (AvgIpc) is 1.63. The Morgan fingerprint density at radius 2 is 0.929 bits per heavy atom. The number of ether oxygens (including phenoxy) is 4. The first-order valence-electron chi connectivity index (χ1n) is 36.6. The quantitative estimate of drug-likeness (QED) is 0.0574. The fourth-order valence-corrected chi connectivity index (χ4v) is 15.3. The van der Waals surface area contributed by atoms with Crippen molar-refractivity contribution in [2.45, 2.75) is 178 Å². The zero-order valence-electron chi connectivity index (χ0n) is 59.9. The van der Waals surface area contributed by atoms with Crippen LogP contribution in [0.2, 0.25) is 0 Å². The van der Waals surface area contributed by atoms with E-state index in [-0.39, 0.29) is 86.4 Å². The monoisotopic (exact) mass is 1350 g/mol. The fraction of sp³-hybridized carbons (Fsp3) is 0.457. The number of amides is 2. The molecule has 2 amide bonds. The first-order valence-corrected chi connectivity index (χ1v) is 34.6. The molecule has 0 bridgehead atoms. The van der Waals surface area contributed by atoms with Crippen molar-refractivity contribution in [2.75, 3.05) is 40.5 Å². The van der Waals surface area contributed by atoms with Crippen LogP contribution in [0.25, 0.3) is 22.3 Å². The maximum Gasteiger partial charge on any atom is 0.410 e. The van der Waals surface area contributed by atoms with Crippen LogP contribution in [0.15, 0.2) is 168 Å². The number of hydrogen-bond acceptors (Lipinski definition) is 15. The van der Waals surface area contributed by atoms with Gasteiger partial charge in [0.05, 0.1) is 30.6 Å². The molecule has 4 heterocycles. The first kappa shape index (κ1) is 70.0. The van der Waals surface area contributed by atoms with E-state index in [9.17, 15) is 33.9 Å². The molecule has 6 aromatic rings. The van der Waals surface area contributed by atoms with E-state index in [4.69, 9.17) is 37.1 Å². The number of rotatable bonds is 24. The maximum atomic E-state index is 14.3. The maximum absolute atomic E-state index is 14.3. The van der Waals surface area contributed by atoms with Crippen molar-refractivity contribution in [3.63, 3.8) is 0 Å². The highest BCUT2D eigenvalue weighted by molar-refractivity contribution is 6.03. The molecular weight excluding hydrogens is 1250 g/mol. The number of nitrogens with zero attached hydrogens (tertiary/aromatic N) is 4. The summed E-state index contributed by atoms with van der Waals surface area (Å²) < 4.78 is 34.3. The van der Waals surface area contributed by atoms with Gasteiger partial charge in [-0.3, -0.25) is 24.2 Å². The number of nitrogens with two attached hydrogens (primary N) is 1. The van der Waals surface area contributed by atoms with Crippen LogP contribution in [0.4, 0.5) is 9.59 Å². The van der Waals surface area contributed by atoms with E-state index in [0.717, 1.165) is 99.2 Å². The summed E-state index contributed by atoms with van der Waals surface area (Å²) in [6, 6.07) is 50.2. The summed E-state index contributed by atoms with van der Waals surface area (Å²) in [4.78, 5) is 93.3. The van der Waals surface area contributed by atoms with Crippen LogP contribution in [-0.4, -0.2) is 144 Å². The zero-order valence-corrected chi connectivity index (χ0v) is 57.9. The van der Waals surface area contributed by atoms with Gasteiger partial charge in [0.15, 0.2) is 28.6 Å². The molecule has 2 saturated heterocycles. The lowest BCUT2D eigenvalue weighted by Crippen LogP contribution is -2.43. The third kappa shape index (κ3) is 16.4. The lowest BCUT2D eigenvalue weighted by molar-refractivity contribution is -0.142. The molecule has 8 atom stereocenters. The Labute approximate surface area is 585 Å². The largest absolute Gasteiger partial charge is 0.480 e. The number of hydrogen-bond donors (Lipinski definition) is 2. The number of oxime groups is 2. The van der Waals surface area contributed by atoms with Gasteiger partial charge in [-0.2, -0.15) is 0 Å². The van der Waals surface area contributed by atoms with E-state index in [0.29, 0.717) is 50.4 Å². The summed E-state index contributed by atoms with van der Waals surface area (Å²) in [5, 5.41) is 18.5. The molecule has 8 aliphatic rings. The Morgan fingerprint density at radius 1 is 0.556 bits per heavy atom. The van der Waals surface area contributed by atoms with Crippen molar-refractivity contribution >= 4 is 46.9 Å². The van der Waals surface area contributed by atoms with Gasteiger partial charge in [-0.15, -0.1) is 0 Å². The van der Waals surface area contributed by atoms with E-state index in [1.165, 1.54) is 32.5 Å². The molecule has 18 heteroatoms. The second kappa shape index (κ2) is 32.4. The number of carboxylic acid groups (broad SMARTS) is 1. The van der Waals surface area contributed by atoms with Crippen LogP contribution in [0.5, 0.6) is 0 Å². The molecule has 2 saturated carbocycles. The summed E-state index contributed by atoms with van der Waals surface area (Å²) in [5.74, 6) is -0.319. The van der Waals surface area contributed by atoms with E-state index in [2.05, 4.69) is 60.6 Å². The average molecular weight is 1350 g/mol. The molecular formula is C81H97N5O13. The summed E-state index contributed by atoms with van der Waals surface area (Å²) in [6.07, 6.45) is 8.39. The van der Waals surface area contributed by atoms with Crippen molar-refractivity contribution in [3.8, 4) is 22.3 Å². The van der Waals surface area contributed by atoms with Gasteiger partial charge in [-0.25, -0.2) is 14.4 Å². The van der Waals surface area contributed by atoms with Crippen LogP contribution in [-0.2, 0) is 47.8 Å². The van der Waals surface area contributed by atoms with E-state index in [1.807, 2.05) is 121 Å². The van der Waals surface area contributed by atoms with Crippen molar-refractivity contribution in [2.24, 2.45) is 33.8 Å². The van der Waals surface area contributed by atoms with E-state index in [1.54, 1.807) is 19.1 Å². The van der Waals surface area contributed by atoms with E-state index < -0.39 is 47.5 Å². The van der Waals surface area contributed by atoms with Gasteiger partial charge >= 0.3 is 18.2 Å². The summed E-state index contributed by atoms with van der Waals surface area (Å²) in [7, 11) is 5.63. The number of likely N-dealkylation sites (tertiary alicyclic amines) is 2. The second-order valence-corrected chi connectivity index (χ2v) is 27.6. The Hall–Kier alpha value is -8.84. The molecule has 0 radical (unpaired) electrons. The van der Waals surface area contributed by atoms with E-state index >= 15 is 0 Å². The third-order valence-corrected chi connectivity index (χ3v) is 20.6. The predicted molar refractivity (Wildman–Crippen MR) is 381 cm³/mol. The van der Waals surface area contributed by atoms with Crippen LogP contribution >= 0.6 is 0 Å². The van der Waals surface area contributed by atoms with Crippen LogP contribution in [0.1, 0.15) is 173 Å². The molecule has 6 aromatic carbocycles. The molecule has 524 valence electrons. The number of methoxy groups -OCH3 is 2. The normalized spacial score (nSPS) is 21.9. The number of fused-ring (bicyclic) bond motifs is 6. The molecule has 2 spiro atoms. The van der Waals surface area contributed by atoms with Gasteiger partial charge in [0.1, 0.15) is 31.5 Å². The highest BCUT2D eigenvalue weighted by atomic mass is 16.7. The fourth-order valence-electron chi connectivity index (χ4n) is 15.3. The third-order valence-electron chi connectivity index (χ3n) is 20.6. The van der Waals surface area contributed by atoms with Gasteiger partial charge in [0.2, 0.25) is 0 Å². The topological polar surface area (TPSA) is 235 Å². The Balaban J connectivity index is 0.000000181. The number of Topliss-reactive ketones (excluding diaryl/α,β-unsaturated/α-hetero) is 3. The Morgan fingerprint density at radius 3 is 1.31 bits per heavy atom. The minimum absolute atomic E-state index is 0.0718. The van der Waals surface area contributed by atoms with Gasteiger partial charge < -0.3 is 39.5 Å². The van der Waals surface area contributed by atoms with Gasteiger partial charge in [0, 0.05) is 79.8 Å². The van der Waals surface area contributed by atoms with Crippen LogP contribution in [0.3, 0.4) is 0 Å². The molecule has 0 aromatic heterocycles. The molecule has 2 unspecified atom stereocenters. The van der Waals surface area contributed by atoms with Crippen molar-refractivity contribution < 1.29 is 65.2 Å². The van der Waals surface area contributed by atoms with Crippen LogP contribution in [0, 0.1) is 17.8 Å². The first-order chi connectivity index (χ1) is 49.1. The van der Waals surface area contributed by atoms with Gasteiger partial charge in [-0.1, -0.05) is 210 Å². The number of carboxylic acids is 1. The summed E-state index contributed by atoms with van der Waals surface area (Å²) >= 11 is 0. The minimum atomic E-state index is -1.08. The van der Waals surface area contributed by atoms with Crippen molar-refractivity contribution in [1.82, 2.24) is 9.80 Å². The minimum Gasteiger partial charge on any atom is -0.480 e. The lowest BCUT2D eigenvalue weighted by atomic mass is 9.84. The summed E-state index contributed by atoms with van der Waals surface area (Å²) in [6.45, 7) is 4.71. The number of carbonyl (C=O) groups excluding carboxylic acids is 5. The molecule has 99 heavy (non-hydrogen) atoms. The molecule has 3 N–H and O–H groups in total. The molecule has 4 aliphatic heterocycles. The number of carbonyl (C=O) groups is 6. The molecule has 4 aliphatic carbocycles. The van der Waals surface area contributed by atoms with Crippen molar-refractivity contribution in [1.29, 1.82) is 0 Å². The molecule has 4 fully saturated rings. The highest BCUT2D eigenvalue weighted by Gasteiger charge is 2.56. The zero-order chi connectivity index (χ0) is 71.8. The number of ketones is 3. The number of aliphatic carboxylic acids is 1. The highest BCUT2D eigenvalue weighted by Crippen LogP contribution is 2.48. The number of benzene rings is 6. The standard InChI is InChI=1S/C40H44N2O6.C28H24N2O5.C11H21NO2.2CH4/c1-3-11-28(38(46-2)37(44)20-26-18-19-26)21-36(43)35-23-40(22-34(41-48-40)27-12-5-4-6-13-27)25-42(35)39(45)47-24-33-31-16-9-7-14-29(31)30-15-8-10-17-32(30)33;31-26(32)25-15-28(14-24(29-35-28)18-8-2-1-3-9-18)17-30(25)27(33)34-16-23-21-12-6-4-10-19(21)20-11-5-7-13-22(20)23;1-3-4-9(12)11(14-2)10(13)7-8-5-6-8;;/h4-10,12-17,26,28,33,35,38H,3,11,18-25H2,1-2H3;1-13,23,25H,14-17H2,(H,31,32);8-9,11H,3-7,12H2,1-2H3;2*1H4/t28-,35+,38?,40-;25-,28+;9-,11?;;/m100../s1/i;;;2*1D. The second-order valence-electron chi connectivity index (χ2n) is 27.6. The van der Waals surface area contributed by atoms with Gasteiger partial charge in [-0.05, 0) is 112 Å². The molecule has 14 rings (SSSR count). The lowest BCUT2D eigenvalue weighted by Gasteiger charge is -2.28. The Bertz CT molecular complexity index is 3810. The molecule has 18 nitrogen and oxygen atoms in total. The van der Waals surface area contributed by atoms with Gasteiger partial charge in [0.25, 0.3) is 0 Å².